The summed E-state index contributed by atoms with van der Waals surface area (Å²) in [5.41, 5.74) is 3.25. The van der Waals surface area contributed by atoms with Gasteiger partial charge in [0.25, 0.3) is 5.91 Å². The first kappa shape index (κ1) is 22.8. The topological polar surface area (TPSA) is 79.7 Å². The van der Waals surface area contributed by atoms with Gasteiger partial charge in [0.05, 0.1) is 18.7 Å². The third-order valence-electron chi connectivity index (χ3n) is 7.08. The van der Waals surface area contributed by atoms with E-state index in [2.05, 4.69) is 4.98 Å². The van der Waals surface area contributed by atoms with Crippen LogP contribution in [0.4, 0.5) is 5.69 Å². The molecule has 1 aliphatic carbocycles. The second kappa shape index (κ2) is 9.74. The number of aliphatic hydroxyl groups excluding tert-OH is 1. The molecule has 5 rings (SSSR count). The van der Waals surface area contributed by atoms with E-state index in [-0.39, 0.29) is 17.3 Å². The molecule has 1 atom stereocenters. The molecule has 1 amide bonds. The van der Waals surface area contributed by atoms with Crippen LogP contribution < -0.4 is 9.64 Å². The minimum atomic E-state index is -0.522. The van der Waals surface area contributed by atoms with Gasteiger partial charge >= 0.3 is 0 Å². The summed E-state index contributed by atoms with van der Waals surface area (Å²) >= 11 is 0. The summed E-state index contributed by atoms with van der Waals surface area (Å²) in [5.74, 6) is -0.540. The zero-order valence-corrected chi connectivity index (χ0v) is 19.7. The van der Waals surface area contributed by atoms with Crippen LogP contribution in [0, 0.1) is 5.92 Å². The number of rotatable bonds is 6. The molecule has 1 saturated carbocycles. The summed E-state index contributed by atoms with van der Waals surface area (Å²) in [4.78, 5) is 32.8. The Morgan fingerprint density at radius 2 is 1.69 bits per heavy atom. The van der Waals surface area contributed by atoms with Crippen molar-refractivity contribution in [3.05, 3.63) is 90.0 Å². The van der Waals surface area contributed by atoms with Gasteiger partial charge in [-0.3, -0.25) is 19.5 Å². The van der Waals surface area contributed by atoms with E-state index in [4.69, 9.17) is 4.74 Å². The summed E-state index contributed by atoms with van der Waals surface area (Å²) in [7, 11) is 1.57. The van der Waals surface area contributed by atoms with Crippen molar-refractivity contribution in [3.63, 3.8) is 0 Å². The second-order valence-electron chi connectivity index (χ2n) is 9.13. The molecule has 3 aromatic rings. The van der Waals surface area contributed by atoms with Gasteiger partial charge in [0, 0.05) is 23.6 Å². The zero-order chi connectivity index (χ0) is 24.4. The van der Waals surface area contributed by atoms with Crippen molar-refractivity contribution in [2.75, 3.05) is 12.0 Å². The predicted molar refractivity (Wildman–Crippen MR) is 135 cm³/mol. The number of nitrogens with zero attached hydrogens (tertiary/aromatic N) is 2. The van der Waals surface area contributed by atoms with Crippen molar-refractivity contribution in [2.45, 2.75) is 38.1 Å². The van der Waals surface area contributed by atoms with Gasteiger partial charge in [-0.05, 0) is 72.4 Å². The van der Waals surface area contributed by atoms with Crippen molar-refractivity contribution < 1.29 is 19.4 Å². The normalized spacial score (nSPS) is 18.7. The van der Waals surface area contributed by atoms with Crippen LogP contribution in [0.25, 0.3) is 11.1 Å². The smallest absolute Gasteiger partial charge is 0.294 e. The van der Waals surface area contributed by atoms with Crippen LogP contribution in [-0.4, -0.2) is 34.9 Å². The molecule has 0 saturated heterocycles. The van der Waals surface area contributed by atoms with Crippen LogP contribution in [0.3, 0.4) is 0 Å². The second-order valence-corrected chi connectivity index (χ2v) is 9.13. The Balaban J connectivity index is 1.52. The first-order valence-corrected chi connectivity index (χ1v) is 12.0. The average molecular weight is 469 g/mol. The van der Waals surface area contributed by atoms with Crippen molar-refractivity contribution in [1.29, 1.82) is 0 Å². The minimum Gasteiger partial charge on any atom is -0.503 e. The number of Topliss-reactive ketones (excluding diaryl/α,β-unsaturated/α-hetero) is 1. The van der Waals surface area contributed by atoms with Gasteiger partial charge < -0.3 is 9.84 Å². The van der Waals surface area contributed by atoms with E-state index in [1.165, 1.54) is 0 Å². The number of hydrogen-bond acceptors (Lipinski definition) is 5. The summed E-state index contributed by atoms with van der Waals surface area (Å²) in [6.45, 7) is 0. The van der Waals surface area contributed by atoms with Gasteiger partial charge in [-0.15, -0.1) is 0 Å². The van der Waals surface area contributed by atoms with Crippen LogP contribution in [0.5, 0.6) is 5.75 Å². The molecule has 2 heterocycles. The van der Waals surface area contributed by atoms with Crippen LogP contribution in [0.2, 0.25) is 0 Å². The molecule has 35 heavy (non-hydrogen) atoms. The lowest BCUT2D eigenvalue weighted by molar-refractivity contribution is -0.117. The number of benzene rings is 2. The molecule has 0 bridgehead atoms. The van der Waals surface area contributed by atoms with Gasteiger partial charge in [-0.1, -0.05) is 37.5 Å². The van der Waals surface area contributed by atoms with Crippen LogP contribution >= 0.6 is 0 Å². The SMILES string of the molecule is COc1ccc(C(=O)C2=C(O)C(=O)N(c3ccc(-c4cccnc4)cc3)C2C2CCCCC2)cc1. The van der Waals surface area contributed by atoms with Crippen molar-refractivity contribution in [2.24, 2.45) is 5.92 Å². The molecule has 1 aliphatic heterocycles. The molecule has 6 heteroatoms. The predicted octanol–water partition coefficient (Wildman–Crippen LogP) is 5.75. The number of aromatic nitrogens is 1. The molecule has 2 aliphatic rings. The monoisotopic (exact) mass is 468 g/mol. The van der Waals surface area contributed by atoms with E-state index in [0.717, 1.165) is 43.2 Å². The first-order valence-electron chi connectivity index (χ1n) is 12.0. The van der Waals surface area contributed by atoms with Crippen LogP contribution in [0.1, 0.15) is 42.5 Å². The minimum absolute atomic E-state index is 0.104. The Hall–Kier alpha value is -3.93. The summed E-state index contributed by atoms with van der Waals surface area (Å²) < 4.78 is 5.21. The van der Waals surface area contributed by atoms with E-state index in [1.807, 2.05) is 36.4 Å². The van der Waals surface area contributed by atoms with Crippen LogP contribution in [-0.2, 0) is 4.79 Å². The van der Waals surface area contributed by atoms with E-state index in [9.17, 15) is 14.7 Å². The van der Waals surface area contributed by atoms with E-state index >= 15 is 0 Å². The fourth-order valence-corrected chi connectivity index (χ4v) is 5.29. The van der Waals surface area contributed by atoms with Crippen molar-refractivity contribution >= 4 is 17.4 Å². The molecule has 0 radical (unpaired) electrons. The van der Waals surface area contributed by atoms with Crippen molar-refractivity contribution in [3.8, 4) is 16.9 Å². The maximum absolute atomic E-state index is 13.6. The highest BCUT2D eigenvalue weighted by molar-refractivity contribution is 6.20. The Kier molecular flexibility index (Phi) is 6.36. The lowest BCUT2D eigenvalue weighted by Gasteiger charge is -2.35. The first-order chi connectivity index (χ1) is 17.1. The van der Waals surface area contributed by atoms with E-state index in [0.29, 0.717) is 17.0 Å². The number of hydrogen-bond donors (Lipinski definition) is 1. The van der Waals surface area contributed by atoms with E-state index in [1.54, 1.807) is 48.7 Å². The maximum atomic E-state index is 13.6. The lowest BCUT2D eigenvalue weighted by Crippen LogP contribution is -2.42. The highest BCUT2D eigenvalue weighted by Gasteiger charge is 2.47. The van der Waals surface area contributed by atoms with Gasteiger partial charge in [0.15, 0.2) is 11.5 Å². The standard InChI is InChI=1S/C29H28N2O4/c1-35-24-15-11-21(12-16-24)27(32)25-26(20-6-3-2-4-7-20)31(29(34)28(25)33)23-13-9-19(10-14-23)22-8-5-17-30-18-22/h5,8-18,20,26,33H,2-4,6-7H2,1H3. The number of anilines is 1. The molecule has 0 spiro atoms. The Morgan fingerprint density at radius 1 is 0.971 bits per heavy atom. The number of ether oxygens (including phenoxy) is 1. The Labute approximate surface area is 204 Å². The number of aliphatic hydroxyl groups is 1. The summed E-state index contributed by atoms with van der Waals surface area (Å²) in [5, 5.41) is 11.0. The molecule has 1 aromatic heterocycles. The van der Waals surface area contributed by atoms with Gasteiger partial charge in [0.2, 0.25) is 0 Å². The fraction of sp³-hybridized carbons (Fsp3) is 0.276. The maximum Gasteiger partial charge on any atom is 0.294 e. The summed E-state index contributed by atoms with van der Waals surface area (Å²) in [6.07, 6.45) is 8.59. The zero-order valence-electron chi connectivity index (χ0n) is 19.7. The molecular formula is C29H28N2O4. The molecule has 1 fully saturated rings. The molecule has 178 valence electrons. The highest BCUT2D eigenvalue weighted by Crippen LogP contribution is 2.41. The van der Waals surface area contributed by atoms with Gasteiger partial charge in [-0.25, -0.2) is 0 Å². The van der Waals surface area contributed by atoms with E-state index < -0.39 is 17.7 Å². The molecular weight excluding hydrogens is 440 g/mol. The Morgan fingerprint density at radius 3 is 2.31 bits per heavy atom. The number of carbonyl (C=O) groups excluding carboxylic acids is 2. The average Bonchev–Trinajstić information content (AvgIpc) is 3.19. The Bertz CT molecular complexity index is 1240. The number of carbonyl (C=O) groups is 2. The lowest BCUT2D eigenvalue weighted by atomic mass is 9.79. The number of methoxy groups -OCH3 is 1. The summed E-state index contributed by atoms with van der Waals surface area (Å²) in [6, 6.07) is 17.8. The third-order valence-corrected chi connectivity index (χ3v) is 7.08. The molecule has 1 N–H and O–H groups in total. The third kappa shape index (κ3) is 4.32. The number of amides is 1. The molecule has 2 aromatic carbocycles. The highest BCUT2D eigenvalue weighted by atomic mass is 16.5. The number of ketones is 1. The molecule has 6 nitrogen and oxygen atoms in total. The fourth-order valence-electron chi connectivity index (χ4n) is 5.29. The molecule has 1 unspecified atom stereocenters. The number of pyridine rings is 1. The largest absolute Gasteiger partial charge is 0.503 e. The van der Waals surface area contributed by atoms with Crippen LogP contribution in [0.15, 0.2) is 84.4 Å². The van der Waals surface area contributed by atoms with Crippen molar-refractivity contribution in [1.82, 2.24) is 4.98 Å². The quantitative estimate of drug-likeness (QED) is 0.466. The van der Waals surface area contributed by atoms with Gasteiger partial charge in [-0.2, -0.15) is 0 Å². The van der Waals surface area contributed by atoms with Gasteiger partial charge in [0.1, 0.15) is 5.75 Å².